The Bertz CT molecular complexity index is 1540. The molecule has 1 N–H and O–H groups in total. The van der Waals surface area contributed by atoms with Crippen LogP contribution in [0.15, 0.2) is 83.0 Å². The van der Waals surface area contributed by atoms with Crippen LogP contribution in [0.3, 0.4) is 0 Å². The Balaban J connectivity index is 1.31. The zero-order valence-electron chi connectivity index (χ0n) is 17.0. The molecule has 0 aliphatic carbocycles. The van der Waals surface area contributed by atoms with Crippen LogP contribution in [0.4, 0.5) is 0 Å². The van der Waals surface area contributed by atoms with Gasteiger partial charge in [-0.25, -0.2) is 8.42 Å². The average molecular weight is 463 g/mol. The molecule has 2 aromatic carbocycles. The fourth-order valence-corrected chi connectivity index (χ4v) is 5.74. The van der Waals surface area contributed by atoms with Crippen molar-refractivity contribution in [2.24, 2.45) is 7.05 Å². The second kappa shape index (κ2) is 7.85. The third kappa shape index (κ3) is 3.65. The highest BCUT2D eigenvalue weighted by atomic mass is 32.2. The zero-order chi connectivity index (χ0) is 22.3. The van der Waals surface area contributed by atoms with Crippen LogP contribution in [-0.4, -0.2) is 29.1 Å². The molecule has 0 unspecified atom stereocenters. The lowest BCUT2D eigenvalue weighted by Crippen LogP contribution is -2.21. The number of carbonyl (C=O) groups excluding carboxylic acids is 1. The van der Waals surface area contributed by atoms with Crippen molar-refractivity contribution in [3.63, 3.8) is 0 Å². The molecular formula is C23H18N4O3S2. The van der Waals surface area contributed by atoms with Gasteiger partial charge in [0.2, 0.25) is 9.84 Å². The van der Waals surface area contributed by atoms with Crippen LogP contribution in [0, 0.1) is 0 Å². The summed E-state index contributed by atoms with van der Waals surface area (Å²) in [5.41, 5.74) is 1.67. The van der Waals surface area contributed by atoms with Gasteiger partial charge in [-0.05, 0) is 53.4 Å². The van der Waals surface area contributed by atoms with Gasteiger partial charge in [0.05, 0.1) is 31.1 Å². The van der Waals surface area contributed by atoms with Crippen molar-refractivity contribution in [1.82, 2.24) is 20.1 Å². The lowest BCUT2D eigenvalue weighted by Gasteiger charge is -2.08. The first kappa shape index (κ1) is 20.3. The molecule has 3 aromatic heterocycles. The highest BCUT2D eigenvalue weighted by molar-refractivity contribution is 7.91. The second-order valence-electron chi connectivity index (χ2n) is 7.34. The first-order chi connectivity index (χ1) is 15.4. The number of hydrogen-bond acceptors (Lipinski definition) is 6. The van der Waals surface area contributed by atoms with Crippen LogP contribution in [0.1, 0.15) is 15.2 Å². The van der Waals surface area contributed by atoms with Crippen molar-refractivity contribution in [3.05, 3.63) is 83.6 Å². The molecule has 0 fully saturated rings. The van der Waals surface area contributed by atoms with Gasteiger partial charge in [0.15, 0.2) is 0 Å². The van der Waals surface area contributed by atoms with Crippen LogP contribution in [0.25, 0.3) is 21.0 Å². The lowest BCUT2D eigenvalue weighted by molar-refractivity contribution is 0.0955. The number of sulfone groups is 1. The number of aromatic nitrogens is 3. The van der Waals surface area contributed by atoms with E-state index in [2.05, 4.69) is 15.4 Å². The molecule has 0 saturated heterocycles. The number of benzene rings is 2. The summed E-state index contributed by atoms with van der Waals surface area (Å²) in [5, 5.41) is 8.79. The van der Waals surface area contributed by atoms with Crippen molar-refractivity contribution in [3.8, 4) is 0 Å². The van der Waals surface area contributed by atoms with E-state index in [4.69, 9.17) is 0 Å². The van der Waals surface area contributed by atoms with Crippen molar-refractivity contribution in [2.75, 3.05) is 0 Å². The number of rotatable bonds is 5. The Kier molecular flexibility index (Phi) is 4.99. The summed E-state index contributed by atoms with van der Waals surface area (Å²) in [6, 6.07) is 15.2. The summed E-state index contributed by atoms with van der Waals surface area (Å²) in [5.74, 6) is -0.173. The number of nitrogens with one attached hydrogen (secondary N) is 1. The van der Waals surface area contributed by atoms with E-state index in [1.54, 1.807) is 65.7 Å². The van der Waals surface area contributed by atoms with Gasteiger partial charge in [-0.15, -0.1) is 11.3 Å². The minimum absolute atomic E-state index is 0.173. The molecule has 0 bridgehead atoms. The summed E-state index contributed by atoms with van der Waals surface area (Å²) in [6.07, 6.45) is 5.08. The summed E-state index contributed by atoms with van der Waals surface area (Å²) in [4.78, 5) is 17.6. The largest absolute Gasteiger partial charge is 0.347 e. The molecule has 160 valence electrons. The topological polar surface area (TPSA) is 94.0 Å². The van der Waals surface area contributed by atoms with E-state index in [1.807, 2.05) is 19.2 Å². The minimum Gasteiger partial charge on any atom is -0.347 e. The zero-order valence-corrected chi connectivity index (χ0v) is 18.7. The quantitative estimate of drug-likeness (QED) is 0.427. The van der Waals surface area contributed by atoms with Gasteiger partial charge in [0.25, 0.3) is 5.91 Å². The number of hydrogen-bond donors (Lipinski definition) is 1. The third-order valence-corrected chi connectivity index (χ3v) is 8.11. The SMILES string of the molecule is Cn1ncc2cc(S(=O)(=O)c3ccc(CNC(=O)c4cc5ccncc5s4)cc3)ccc21. The standard InChI is InChI=1S/C23H18N4O3S2/c1-27-20-7-6-19(10-17(20)13-26-27)32(29,30)18-4-2-15(3-5-18)12-25-23(28)21-11-16-8-9-24-14-22(16)31-21/h2-11,13-14H,12H2,1H3,(H,25,28). The number of pyridine rings is 1. The van der Waals surface area contributed by atoms with E-state index in [9.17, 15) is 13.2 Å². The van der Waals surface area contributed by atoms with Gasteiger partial charge in [-0.3, -0.25) is 14.5 Å². The number of fused-ring (bicyclic) bond motifs is 2. The van der Waals surface area contributed by atoms with Crippen LogP contribution >= 0.6 is 11.3 Å². The van der Waals surface area contributed by atoms with Gasteiger partial charge < -0.3 is 5.32 Å². The Morgan fingerprint density at radius 2 is 1.78 bits per heavy atom. The number of thiophene rings is 1. The predicted molar refractivity (Wildman–Crippen MR) is 123 cm³/mol. The van der Waals surface area contributed by atoms with Gasteiger partial charge in [0, 0.05) is 31.4 Å². The molecule has 0 spiro atoms. The molecule has 5 aromatic rings. The molecule has 0 saturated carbocycles. The van der Waals surface area contributed by atoms with Gasteiger partial charge in [-0.2, -0.15) is 5.10 Å². The first-order valence-corrected chi connectivity index (χ1v) is 12.1. The van der Waals surface area contributed by atoms with Gasteiger partial charge >= 0.3 is 0 Å². The van der Waals surface area contributed by atoms with E-state index in [-0.39, 0.29) is 15.7 Å². The van der Waals surface area contributed by atoms with Gasteiger partial charge in [-0.1, -0.05) is 12.1 Å². The molecule has 32 heavy (non-hydrogen) atoms. The lowest BCUT2D eigenvalue weighted by atomic mass is 10.2. The Labute approximate surface area is 188 Å². The third-order valence-electron chi connectivity index (χ3n) is 5.26. The Hall–Kier alpha value is -3.56. The molecule has 9 heteroatoms. The molecule has 7 nitrogen and oxygen atoms in total. The van der Waals surface area contributed by atoms with Crippen LogP contribution < -0.4 is 5.32 Å². The smallest absolute Gasteiger partial charge is 0.261 e. The fraction of sp³-hybridized carbons (Fsp3) is 0.0870. The van der Waals surface area contributed by atoms with E-state index in [1.165, 1.54) is 11.3 Å². The molecule has 0 aliphatic heterocycles. The monoisotopic (exact) mass is 462 g/mol. The van der Waals surface area contributed by atoms with Crippen molar-refractivity contribution < 1.29 is 13.2 Å². The molecule has 5 rings (SSSR count). The highest BCUT2D eigenvalue weighted by Gasteiger charge is 2.19. The second-order valence-corrected chi connectivity index (χ2v) is 10.4. The van der Waals surface area contributed by atoms with E-state index in [0.29, 0.717) is 11.4 Å². The molecule has 3 heterocycles. The van der Waals surface area contributed by atoms with Crippen molar-refractivity contribution >= 4 is 48.1 Å². The molecule has 0 atom stereocenters. The average Bonchev–Trinajstić information content (AvgIpc) is 3.41. The molecule has 0 radical (unpaired) electrons. The minimum atomic E-state index is -3.66. The predicted octanol–water partition coefficient (Wildman–Crippen LogP) is 3.95. The maximum absolute atomic E-state index is 13.0. The molecule has 1 amide bonds. The number of amides is 1. The fourth-order valence-electron chi connectivity index (χ4n) is 3.50. The summed E-state index contributed by atoms with van der Waals surface area (Å²) in [7, 11) is -1.84. The van der Waals surface area contributed by atoms with Crippen LogP contribution in [0.2, 0.25) is 0 Å². The van der Waals surface area contributed by atoms with E-state index in [0.717, 1.165) is 26.6 Å². The number of carbonyl (C=O) groups is 1. The van der Waals surface area contributed by atoms with Crippen LogP contribution in [0.5, 0.6) is 0 Å². The van der Waals surface area contributed by atoms with Crippen molar-refractivity contribution in [2.45, 2.75) is 16.3 Å². The first-order valence-electron chi connectivity index (χ1n) is 9.79. The normalized spacial score (nSPS) is 11.8. The summed E-state index contributed by atoms with van der Waals surface area (Å²) >= 11 is 1.39. The number of aryl methyl sites for hydroxylation is 1. The van der Waals surface area contributed by atoms with E-state index < -0.39 is 9.84 Å². The van der Waals surface area contributed by atoms with E-state index >= 15 is 0 Å². The maximum atomic E-state index is 13.0. The Morgan fingerprint density at radius 1 is 1.00 bits per heavy atom. The molecule has 0 aliphatic rings. The Morgan fingerprint density at radius 3 is 2.56 bits per heavy atom. The highest BCUT2D eigenvalue weighted by Crippen LogP contribution is 2.26. The van der Waals surface area contributed by atoms with Gasteiger partial charge in [0.1, 0.15) is 0 Å². The summed E-state index contributed by atoms with van der Waals surface area (Å²) in [6.45, 7) is 0.299. The number of nitrogens with zero attached hydrogens (tertiary/aromatic N) is 3. The summed E-state index contributed by atoms with van der Waals surface area (Å²) < 4.78 is 28.7. The van der Waals surface area contributed by atoms with Crippen LogP contribution in [-0.2, 0) is 23.4 Å². The molecular weight excluding hydrogens is 444 g/mol. The maximum Gasteiger partial charge on any atom is 0.261 e. The van der Waals surface area contributed by atoms with Crippen molar-refractivity contribution in [1.29, 1.82) is 0 Å².